The zero-order chi connectivity index (χ0) is 25.8. The summed E-state index contributed by atoms with van der Waals surface area (Å²) >= 11 is 0. The number of benzene rings is 2. The Balaban J connectivity index is 1.87. The maximum atomic E-state index is 14.0. The lowest BCUT2D eigenvalue weighted by molar-refractivity contribution is 0.0708. The summed E-state index contributed by atoms with van der Waals surface area (Å²) in [5, 5.41) is 0.116. The first kappa shape index (κ1) is 25.7. The monoisotopic (exact) mass is 496 g/mol. The zero-order valence-electron chi connectivity index (χ0n) is 21.3. The van der Waals surface area contributed by atoms with E-state index in [0.29, 0.717) is 43.4 Å². The van der Waals surface area contributed by atoms with E-state index in [1.807, 2.05) is 32.0 Å². The molecule has 0 spiro atoms. The van der Waals surface area contributed by atoms with Gasteiger partial charge in [-0.3, -0.25) is 9.59 Å². The standard InChI is InChI=1S/C28H33FN2O5/c1-5-15-35-22-11-9-18(16-23(22)34-8-4)25-24-26(32)20-17-19(29)10-12-21(20)36-27(24)28(33)31(25)14-13-30(6-2)7-3/h9-12,16-17,25H,5-8,13-15H2,1-4H3. The third-order valence-electron chi connectivity index (χ3n) is 6.52. The SMILES string of the molecule is CCCOc1ccc(C2c3c(oc4ccc(F)cc4c3=O)C(=O)N2CCN(CC)CC)cc1OCC. The van der Waals surface area contributed by atoms with Gasteiger partial charge >= 0.3 is 0 Å². The highest BCUT2D eigenvalue weighted by Gasteiger charge is 2.43. The van der Waals surface area contributed by atoms with Crippen molar-refractivity contribution >= 4 is 16.9 Å². The smallest absolute Gasteiger partial charge is 0.290 e. The Morgan fingerprint density at radius 1 is 1.00 bits per heavy atom. The molecule has 4 rings (SSSR count). The Kier molecular flexibility index (Phi) is 7.94. The van der Waals surface area contributed by atoms with E-state index >= 15 is 0 Å². The van der Waals surface area contributed by atoms with Gasteiger partial charge in [-0.25, -0.2) is 4.39 Å². The van der Waals surface area contributed by atoms with Crippen LogP contribution in [0.25, 0.3) is 11.0 Å². The van der Waals surface area contributed by atoms with Crippen molar-refractivity contribution in [2.75, 3.05) is 39.4 Å². The van der Waals surface area contributed by atoms with E-state index in [4.69, 9.17) is 13.9 Å². The molecule has 0 bridgehead atoms. The number of carbonyl (C=O) groups is 1. The van der Waals surface area contributed by atoms with Crippen molar-refractivity contribution in [2.45, 2.75) is 40.2 Å². The van der Waals surface area contributed by atoms with Gasteiger partial charge in [0.05, 0.1) is 30.2 Å². The number of amides is 1. The predicted molar refractivity (Wildman–Crippen MR) is 137 cm³/mol. The number of hydrogen-bond donors (Lipinski definition) is 0. The average molecular weight is 497 g/mol. The summed E-state index contributed by atoms with van der Waals surface area (Å²) < 4.78 is 31.6. The first-order valence-electron chi connectivity index (χ1n) is 12.6. The Morgan fingerprint density at radius 3 is 2.47 bits per heavy atom. The average Bonchev–Trinajstić information content (AvgIpc) is 3.16. The Morgan fingerprint density at radius 2 is 1.78 bits per heavy atom. The molecule has 0 fully saturated rings. The molecule has 3 aromatic rings. The van der Waals surface area contributed by atoms with E-state index in [9.17, 15) is 14.0 Å². The van der Waals surface area contributed by atoms with E-state index in [2.05, 4.69) is 18.7 Å². The molecule has 0 N–H and O–H groups in total. The summed E-state index contributed by atoms with van der Waals surface area (Å²) in [5.41, 5.74) is 0.717. The van der Waals surface area contributed by atoms with Crippen LogP contribution < -0.4 is 14.9 Å². The minimum Gasteiger partial charge on any atom is -0.490 e. The van der Waals surface area contributed by atoms with E-state index in [1.54, 1.807) is 4.90 Å². The lowest BCUT2D eigenvalue weighted by Crippen LogP contribution is -2.37. The molecule has 1 aliphatic heterocycles. The fourth-order valence-corrected chi connectivity index (χ4v) is 4.65. The van der Waals surface area contributed by atoms with Crippen LogP contribution in [0.15, 0.2) is 45.6 Å². The summed E-state index contributed by atoms with van der Waals surface area (Å²) in [6, 6.07) is 8.56. The van der Waals surface area contributed by atoms with Gasteiger partial charge in [0.2, 0.25) is 5.76 Å². The second kappa shape index (κ2) is 11.1. The van der Waals surface area contributed by atoms with Crippen LogP contribution in [0.1, 0.15) is 61.8 Å². The van der Waals surface area contributed by atoms with Crippen LogP contribution in [0.4, 0.5) is 4.39 Å². The molecule has 2 heterocycles. The van der Waals surface area contributed by atoms with Crippen molar-refractivity contribution < 1.29 is 23.1 Å². The first-order chi connectivity index (χ1) is 17.4. The second-order valence-corrected chi connectivity index (χ2v) is 8.73. The van der Waals surface area contributed by atoms with Gasteiger partial charge in [-0.15, -0.1) is 0 Å². The molecule has 36 heavy (non-hydrogen) atoms. The predicted octanol–water partition coefficient (Wildman–Crippen LogP) is 5.01. The van der Waals surface area contributed by atoms with Crippen molar-refractivity contribution in [3.05, 3.63) is 69.3 Å². The van der Waals surface area contributed by atoms with Crippen LogP contribution in [0.3, 0.4) is 0 Å². The summed E-state index contributed by atoms with van der Waals surface area (Å²) in [4.78, 5) is 31.1. The molecular formula is C28H33FN2O5. The Hall–Kier alpha value is -3.39. The van der Waals surface area contributed by atoms with Crippen LogP contribution >= 0.6 is 0 Å². The van der Waals surface area contributed by atoms with Crippen LogP contribution in [-0.4, -0.2) is 55.1 Å². The highest BCUT2D eigenvalue weighted by atomic mass is 19.1. The van der Waals surface area contributed by atoms with E-state index in [0.717, 1.165) is 25.6 Å². The second-order valence-electron chi connectivity index (χ2n) is 8.73. The number of rotatable bonds is 11. The number of carbonyl (C=O) groups excluding carboxylic acids is 1. The quantitative estimate of drug-likeness (QED) is 0.372. The Bertz CT molecular complexity index is 1300. The summed E-state index contributed by atoms with van der Waals surface area (Å²) in [7, 11) is 0. The fourth-order valence-electron chi connectivity index (χ4n) is 4.65. The van der Waals surface area contributed by atoms with Crippen LogP contribution in [-0.2, 0) is 0 Å². The van der Waals surface area contributed by atoms with Gasteiger partial charge in [0.1, 0.15) is 11.4 Å². The van der Waals surface area contributed by atoms with Crippen LogP contribution in [0.5, 0.6) is 11.5 Å². The largest absolute Gasteiger partial charge is 0.490 e. The van der Waals surface area contributed by atoms with Crippen molar-refractivity contribution in [3.63, 3.8) is 0 Å². The molecule has 0 aliphatic carbocycles. The number of nitrogens with zero attached hydrogens (tertiary/aromatic N) is 2. The van der Waals surface area contributed by atoms with Gasteiger partial charge in [0.15, 0.2) is 16.9 Å². The highest BCUT2D eigenvalue weighted by Crippen LogP contribution is 2.41. The molecule has 1 unspecified atom stereocenters. The van der Waals surface area contributed by atoms with Gasteiger partial charge < -0.3 is 23.7 Å². The highest BCUT2D eigenvalue weighted by molar-refractivity contribution is 5.99. The molecule has 1 atom stereocenters. The Labute approximate surface area is 210 Å². The zero-order valence-corrected chi connectivity index (χ0v) is 21.3. The minimum absolute atomic E-state index is 0.00734. The van der Waals surface area contributed by atoms with Crippen molar-refractivity contribution in [3.8, 4) is 11.5 Å². The molecule has 1 aliphatic rings. The maximum absolute atomic E-state index is 14.0. The number of fused-ring (bicyclic) bond motifs is 2. The van der Waals surface area contributed by atoms with Crippen molar-refractivity contribution in [1.29, 1.82) is 0 Å². The number of likely N-dealkylation sites (N-methyl/N-ethyl adjacent to an activating group) is 1. The lowest BCUT2D eigenvalue weighted by atomic mass is 9.98. The number of hydrogen-bond acceptors (Lipinski definition) is 6. The molecule has 1 aromatic heterocycles. The molecule has 1 amide bonds. The molecule has 0 saturated heterocycles. The number of halogens is 1. The third kappa shape index (κ3) is 4.82. The van der Waals surface area contributed by atoms with Gasteiger partial charge in [-0.2, -0.15) is 0 Å². The van der Waals surface area contributed by atoms with Gasteiger partial charge in [-0.1, -0.05) is 26.8 Å². The van der Waals surface area contributed by atoms with E-state index < -0.39 is 17.3 Å². The van der Waals surface area contributed by atoms with Crippen molar-refractivity contribution in [1.82, 2.24) is 9.80 Å². The summed E-state index contributed by atoms with van der Waals surface area (Å²) in [6.45, 7) is 11.7. The van der Waals surface area contributed by atoms with Crippen molar-refractivity contribution in [2.24, 2.45) is 0 Å². The van der Waals surface area contributed by atoms with Gasteiger partial charge in [0, 0.05) is 13.1 Å². The lowest BCUT2D eigenvalue weighted by Gasteiger charge is -2.28. The van der Waals surface area contributed by atoms with E-state index in [1.165, 1.54) is 12.1 Å². The molecule has 0 radical (unpaired) electrons. The molecular weight excluding hydrogens is 463 g/mol. The summed E-state index contributed by atoms with van der Waals surface area (Å²) in [6.07, 6.45) is 0.849. The minimum atomic E-state index is -0.689. The molecule has 7 nitrogen and oxygen atoms in total. The molecule has 0 saturated carbocycles. The summed E-state index contributed by atoms with van der Waals surface area (Å²) in [5.74, 6) is 0.270. The number of ether oxygens (including phenoxy) is 2. The van der Waals surface area contributed by atoms with Crippen LogP contribution in [0, 0.1) is 5.82 Å². The molecule has 8 heteroatoms. The molecule has 2 aromatic carbocycles. The fraction of sp³-hybridized carbons (Fsp3) is 0.429. The normalized spacial score (nSPS) is 15.1. The first-order valence-corrected chi connectivity index (χ1v) is 12.6. The topological polar surface area (TPSA) is 72.2 Å². The molecule has 192 valence electrons. The third-order valence-corrected chi connectivity index (χ3v) is 6.52. The van der Waals surface area contributed by atoms with E-state index in [-0.39, 0.29) is 28.2 Å². The van der Waals surface area contributed by atoms with Gasteiger partial charge in [-0.05, 0) is 62.3 Å². The van der Waals surface area contributed by atoms with Gasteiger partial charge in [0.25, 0.3) is 5.91 Å². The van der Waals surface area contributed by atoms with Crippen LogP contribution in [0.2, 0.25) is 0 Å². The maximum Gasteiger partial charge on any atom is 0.290 e.